The number of nitrogens with one attached hydrogen (secondary N) is 2. The molecule has 0 aliphatic carbocycles. The Morgan fingerprint density at radius 2 is 2.00 bits per heavy atom. The number of benzene rings is 1. The molecule has 1 rings (SSSR count). The first-order valence-corrected chi connectivity index (χ1v) is 7.59. The molecule has 0 atom stereocenters. The number of nitrogens with two attached hydrogens (primary N) is 1. The lowest BCUT2D eigenvalue weighted by Crippen LogP contribution is -2.29. The van der Waals surface area contributed by atoms with Crippen molar-refractivity contribution in [2.45, 2.75) is 11.8 Å². The van der Waals surface area contributed by atoms with Gasteiger partial charge >= 0.3 is 0 Å². The standard InChI is InChI=1S/C12H20N4O3S/c1-4-15-20(18,19)9-5-6-10(13)11(7-9)14-8-12(17)16(2)3/h5-7,14-15H,4,8,13H2,1-3H3. The average Bonchev–Trinajstić information content (AvgIpc) is 2.36. The lowest BCUT2D eigenvalue weighted by molar-refractivity contribution is -0.126. The maximum atomic E-state index is 11.9. The van der Waals surface area contributed by atoms with Crippen LogP contribution in [0.4, 0.5) is 11.4 Å². The van der Waals surface area contributed by atoms with Gasteiger partial charge in [0.25, 0.3) is 0 Å². The highest BCUT2D eigenvalue weighted by molar-refractivity contribution is 7.89. The first kappa shape index (κ1) is 16.3. The van der Waals surface area contributed by atoms with Crippen LogP contribution in [-0.2, 0) is 14.8 Å². The quantitative estimate of drug-likeness (QED) is 0.645. The SMILES string of the molecule is CCNS(=O)(=O)c1ccc(N)c(NCC(=O)N(C)C)c1. The maximum absolute atomic E-state index is 11.9. The van der Waals surface area contributed by atoms with Gasteiger partial charge in [-0.25, -0.2) is 13.1 Å². The summed E-state index contributed by atoms with van der Waals surface area (Å²) < 4.78 is 26.2. The zero-order valence-electron chi connectivity index (χ0n) is 11.8. The highest BCUT2D eigenvalue weighted by Gasteiger charge is 2.14. The van der Waals surface area contributed by atoms with Crippen molar-refractivity contribution in [3.05, 3.63) is 18.2 Å². The Morgan fingerprint density at radius 1 is 1.35 bits per heavy atom. The van der Waals surface area contributed by atoms with E-state index in [1.54, 1.807) is 21.0 Å². The Morgan fingerprint density at radius 3 is 2.55 bits per heavy atom. The summed E-state index contributed by atoms with van der Waals surface area (Å²) in [6.45, 7) is 2.04. The number of likely N-dealkylation sites (N-methyl/N-ethyl adjacent to an activating group) is 1. The molecule has 0 aliphatic heterocycles. The molecule has 0 radical (unpaired) electrons. The van der Waals surface area contributed by atoms with E-state index in [4.69, 9.17) is 5.73 Å². The first-order valence-electron chi connectivity index (χ1n) is 6.11. The number of carbonyl (C=O) groups excluding carboxylic acids is 1. The van der Waals surface area contributed by atoms with E-state index in [2.05, 4.69) is 10.0 Å². The molecule has 0 spiro atoms. The monoisotopic (exact) mass is 300 g/mol. The van der Waals surface area contributed by atoms with Crippen molar-refractivity contribution in [1.82, 2.24) is 9.62 Å². The lowest BCUT2D eigenvalue weighted by atomic mass is 10.2. The molecule has 4 N–H and O–H groups in total. The zero-order valence-corrected chi connectivity index (χ0v) is 12.6. The van der Waals surface area contributed by atoms with Gasteiger partial charge in [-0.1, -0.05) is 6.92 Å². The van der Waals surface area contributed by atoms with E-state index in [9.17, 15) is 13.2 Å². The minimum absolute atomic E-state index is 0.0436. The minimum atomic E-state index is -3.55. The number of carbonyl (C=O) groups is 1. The Hall–Kier alpha value is -1.80. The van der Waals surface area contributed by atoms with Crippen LogP contribution < -0.4 is 15.8 Å². The normalized spacial score (nSPS) is 11.2. The van der Waals surface area contributed by atoms with E-state index < -0.39 is 10.0 Å². The Balaban J connectivity index is 2.95. The number of anilines is 2. The van der Waals surface area contributed by atoms with Crippen molar-refractivity contribution >= 4 is 27.3 Å². The van der Waals surface area contributed by atoms with Crippen LogP contribution >= 0.6 is 0 Å². The number of amides is 1. The molecule has 1 aromatic carbocycles. The van der Waals surface area contributed by atoms with Crippen LogP contribution in [0.25, 0.3) is 0 Å². The third-order valence-corrected chi connectivity index (χ3v) is 4.14. The van der Waals surface area contributed by atoms with Gasteiger partial charge in [-0.05, 0) is 18.2 Å². The molecule has 112 valence electrons. The van der Waals surface area contributed by atoms with Crippen LogP contribution in [0.1, 0.15) is 6.92 Å². The van der Waals surface area contributed by atoms with Crippen molar-refractivity contribution in [2.75, 3.05) is 38.2 Å². The summed E-state index contributed by atoms with van der Waals surface area (Å²) in [5.74, 6) is -0.135. The molecule has 1 amide bonds. The molecule has 0 aromatic heterocycles. The first-order chi connectivity index (χ1) is 9.27. The fraction of sp³-hybridized carbons (Fsp3) is 0.417. The van der Waals surface area contributed by atoms with Gasteiger partial charge in [-0.2, -0.15) is 0 Å². The van der Waals surface area contributed by atoms with Gasteiger partial charge in [0.05, 0.1) is 22.8 Å². The second-order valence-corrected chi connectivity index (χ2v) is 6.16. The molecule has 0 saturated carbocycles. The minimum Gasteiger partial charge on any atom is -0.397 e. The number of hydrogen-bond acceptors (Lipinski definition) is 5. The number of hydrogen-bond donors (Lipinski definition) is 3. The van der Waals surface area contributed by atoms with Crippen LogP contribution in [0, 0.1) is 0 Å². The topological polar surface area (TPSA) is 105 Å². The summed E-state index contributed by atoms with van der Waals surface area (Å²) in [5.41, 5.74) is 6.56. The Bertz CT molecular complexity index is 584. The van der Waals surface area contributed by atoms with E-state index in [-0.39, 0.29) is 17.3 Å². The van der Waals surface area contributed by atoms with Crippen LogP contribution in [0.2, 0.25) is 0 Å². The molecule has 0 unspecified atom stereocenters. The van der Waals surface area contributed by atoms with Gasteiger partial charge in [0.1, 0.15) is 0 Å². The molecule has 7 nitrogen and oxygen atoms in total. The summed E-state index contributed by atoms with van der Waals surface area (Å²) in [6, 6.07) is 4.33. The smallest absolute Gasteiger partial charge is 0.241 e. The van der Waals surface area contributed by atoms with E-state index in [0.29, 0.717) is 17.9 Å². The van der Waals surface area contributed by atoms with Crippen molar-refractivity contribution in [3.63, 3.8) is 0 Å². The van der Waals surface area contributed by atoms with E-state index in [1.807, 2.05) is 0 Å². The number of sulfonamides is 1. The van der Waals surface area contributed by atoms with Crippen LogP contribution in [0.15, 0.2) is 23.1 Å². The molecular formula is C12H20N4O3S. The predicted molar refractivity (Wildman–Crippen MR) is 78.9 cm³/mol. The number of rotatable bonds is 6. The number of nitrogen functional groups attached to an aromatic ring is 1. The van der Waals surface area contributed by atoms with Gasteiger partial charge in [0.2, 0.25) is 15.9 Å². The molecule has 0 bridgehead atoms. The van der Waals surface area contributed by atoms with Gasteiger partial charge in [0.15, 0.2) is 0 Å². The fourth-order valence-electron chi connectivity index (χ4n) is 1.46. The second kappa shape index (κ2) is 6.58. The highest BCUT2D eigenvalue weighted by Crippen LogP contribution is 2.22. The van der Waals surface area contributed by atoms with Crippen molar-refractivity contribution in [3.8, 4) is 0 Å². The fourth-order valence-corrected chi connectivity index (χ4v) is 2.52. The molecular weight excluding hydrogens is 280 g/mol. The van der Waals surface area contributed by atoms with Gasteiger partial charge in [0, 0.05) is 20.6 Å². The summed E-state index contributed by atoms with van der Waals surface area (Å²) in [6.07, 6.45) is 0. The molecule has 20 heavy (non-hydrogen) atoms. The summed E-state index contributed by atoms with van der Waals surface area (Å²) in [4.78, 5) is 13.0. The number of nitrogens with zero attached hydrogens (tertiary/aromatic N) is 1. The zero-order chi connectivity index (χ0) is 15.3. The molecule has 0 fully saturated rings. The maximum Gasteiger partial charge on any atom is 0.241 e. The molecule has 1 aromatic rings. The Labute approximate surface area is 119 Å². The molecule has 0 saturated heterocycles. The summed E-state index contributed by atoms with van der Waals surface area (Å²) >= 11 is 0. The van der Waals surface area contributed by atoms with Crippen LogP contribution in [-0.4, -0.2) is 46.4 Å². The van der Waals surface area contributed by atoms with Crippen LogP contribution in [0.3, 0.4) is 0 Å². The van der Waals surface area contributed by atoms with Crippen molar-refractivity contribution in [1.29, 1.82) is 0 Å². The van der Waals surface area contributed by atoms with Gasteiger partial charge in [-0.3, -0.25) is 4.79 Å². The predicted octanol–water partition coefficient (Wildman–Crippen LogP) is 0.0671. The molecule has 0 aliphatic rings. The third-order valence-electron chi connectivity index (χ3n) is 2.60. The van der Waals surface area contributed by atoms with Crippen LogP contribution in [0.5, 0.6) is 0 Å². The van der Waals surface area contributed by atoms with E-state index >= 15 is 0 Å². The molecule has 0 heterocycles. The third kappa shape index (κ3) is 4.10. The van der Waals surface area contributed by atoms with Crippen molar-refractivity contribution < 1.29 is 13.2 Å². The highest BCUT2D eigenvalue weighted by atomic mass is 32.2. The summed E-state index contributed by atoms with van der Waals surface area (Å²) in [7, 11) is -0.269. The molecule has 8 heteroatoms. The Kier molecular flexibility index (Phi) is 5.34. The van der Waals surface area contributed by atoms with E-state index in [1.165, 1.54) is 23.1 Å². The van der Waals surface area contributed by atoms with Gasteiger partial charge in [-0.15, -0.1) is 0 Å². The lowest BCUT2D eigenvalue weighted by Gasteiger charge is -2.14. The van der Waals surface area contributed by atoms with E-state index in [0.717, 1.165) is 0 Å². The average molecular weight is 300 g/mol. The summed E-state index contributed by atoms with van der Waals surface area (Å²) in [5, 5.41) is 2.84. The second-order valence-electron chi connectivity index (χ2n) is 4.39. The van der Waals surface area contributed by atoms with Gasteiger partial charge < -0.3 is 16.0 Å². The van der Waals surface area contributed by atoms with Crippen molar-refractivity contribution in [2.24, 2.45) is 0 Å². The largest absolute Gasteiger partial charge is 0.397 e.